The van der Waals surface area contributed by atoms with E-state index < -0.39 is 10.9 Å². The van der Waals surface area contributed by atoms with Crippen LogP contribution < -0.4 is 0 Å². The van der Waals surface area contributed by atoms with Crippen molar-refractivity contribution in [3.05, 3.63) is 0 Å². The third-order valence-electron chi connectivity index (χ3n) is 1.04. The first-order valence-corrected chi connectivity index (χ1v) is 3.26. The van der Waals surface area contributed by atoms with Crippen molar-refractivity contribution in [2.24, 2.45) is 0 Å². The second-order valence-corrected chi connectivity index (χ2v) is 2.70. The van der Waals surface area contributed by atoms with Gasteiger partial charge in [0.25, 0.3) is 0 Å². The molecule has 1 aliphatic heterocycles. The summed E-state index contributed by atoms with van der Waals surface area (Å²) >= 11 is 0. The summed E-state index contributed by atoms with van der Waals surface area (Å²) in [4.78, 5) is 0. The van der Waals surface area contributed by atoms with Gasteiger partial charge < -0.3 is 0 Å². The fourth-order valence-electron chi connectivity index (χ4n) is 0.451. The molecule has 3 nitrogen and oxygen atoms in total. The molecule has 1 heterocycles. The van der Waals surface area contributed by atoms with Crippen LogP contribution in [0.5, 0.6) is 0 Å². The lowest BCUT2D eigenvalue weighted by atomic mass is 10.6. The molecule has 42 valence electrons. The smallest absolute Gasteiger partial charge is 0.204 e. The highest BCUT2D eigenvalue weighted by Gasteiger charge is 2.31. The van der Waals surface area contributed by atoms with Crippen molar-refractivity contribution >= 4 is 10.9 Å². The van der Waals surface area contributed by atoms with Gasteiger partial charge in [0, 0.05) is 12.6 Å². The van der Waals surface area contributed by atoms with Crippen LogP contribution in [-0.4, -0.2) is 25.3 Å². The fraction of sp³-hybridized carbons (Fsp3) is 1.00. The van der Waals surface area contributed by atoms with Crippen LogP contribution in [0.1, 0.15) is 6.92 Å². The molecule has 0 aromatic rings. The molecule has 0 N–H and O–H groups in total. The first kappa shape index (κ1) is 5.05. The minimum absolute atomic E-state index is 0.279. The second-order valence-electron chi connectivity index (χ2n) is 1.71. The van der Waals surface area contributed by atoms with Crippen molar-refractivity contribution < 1.29 is 8.42 Å². The number of hydrogen-bond acceptors (Lipinski definition) is 2. The van der Waals surface area contributed by atoms with Crippen LogP contribution in [0.3, 0.4) is 0 Å². The van der Waals surface area contributed by atoms with Crippen LogP contribution in [0, 0.1) is 0 Å². The molecule has 0 radical (unpaired) electrons. The Morgan fingerprint density at radius 3 is 2.14 bits per heavy atom. The molecular formula is C3H7NO2S. The molecule has 1 aliphatic rings. The Hall–Kier alpha value is -0.0900. The zero-order valence-corrected chi connectivity index (χ0v) is 4.89. The second kappa shape index (κ2) is 1.45. The first-order chi connectivity index (χ1) is 3.22. The van der Waals surface area contributed by atoms with Gasteiger partial charge in [0.1, 0.15) is 0 Å². The quantitative estimate of drug-likeness (QED) is 0.365. The molecule has 7 heavy (non-hydrogen) atoms. The number of rotatable bonds is 1. The molecule has 0 aromatic heterocycles. The molecule has 0 spiro atoms. The summed E-state index contributed by atoms with van der Waals surface area (Å²) in [5.74, 6) is 0. The monoisotopic (exact) mass is 121 g/mol. The highest BCUT2D eigenvalue weighted by molar-refractivity contribution is 7.70. The van der Waals surface area contributed by atoms with E-state index in [1.54, 1.807) is 0 Å². The Morgan fingerprint density at radius 1 is 1.71 bits per heavy atom. The van der Waals surface area contributed by atoms with Gasteiger partial charge in [0.15, 0.2) is 0 Å². The van der Waals surface area contributed by atoms with E-state index in [2.05, 4.69) is 0 Å². The molecular weight excluding hydrogens is 114 g/mol. The van der Waals surface area contributed by atoms with Crippen LogP contribution in [-0.2, 0) is 10.9 Å². The maximum atomic E-state index is 9.93. The summed E-state index contributed by atoms with van der Waals surface area (Å²) in [6.07, 6.45) is 0. The highest BCUT2D eigenvalue weighted by Crippen LogP contribution is 2.14. The molecule has 0 saturated carbocycles. The van der Waals surface area contributed by atoms with Crippen molar-refractivity contribution in [2.75, 3.05) is 6.54 Å². The minimum Gasteiger partial charge on any atom is -0.215 e. The molecule has 0 bridgehead atoms. The number of thiol groups is 1. The molecule has 2 unspecified atom stereocenters. The van der Waals surface area contributed by atoms with E-state index in [9.17, 15) is 8.42 Å². The molecule has 1 saturated heterocycles. The lowest BCUT2D eigenvalue weighted by Crippen LogP contribution is -1.93. The van der Waals surface area contributed by atoms with Gasteiger partial charge in [0.2, 0.25) is 10.9 Å². The Morgan fingerprint density at radius 2 is 2.14 bits per heavy atom. The van der Waals surface area contributed by atoms with Gasteiger partial charge in [-0.15, -0.1) is 0 Å². The van der Waals surface area contributed by atoms with Crippen molar-refractivity contribution in [1.82, 2.24) is 4.31 Å². The first-order valence-electron chi connectivity index (χ1n) is 2.13. The van der Waals surface area contributed by atoms with E-state index in [0.717, 1.165) is 6.54 Å². The van der Waals surface area contributed by atoms with Crippen molar-refractivity contribution in [3.63, 3.8) is 0 Å². The molecule has 1 fully saturated rings. The minimum atomic E-state index is -2.25. The lowest BCUT2D eigenvalue weighted by molar-refractivity contribution is 0.578. The van der Waals surface area contributed by atoms with Crippen molar-refractivity contribution in [2.45, 2.75) is 13.0 Å². The molecule has 0 aliphatic carbocycles. The van der Waals surface area contributed by atoms with Crippen LogP contribution in [0.4, 0.5) is 0 Å². The van der Waals surface area contributed by atoms with Gasteiger partial charge >= 0.3 is 0 Å². The average molecular weight is 121 g/mol. The van der Waals surface area contributed by atoms with Gasteiger partial charge in [-0.3, -0.25) is 0 Å². The third kappa shape index (κ3) is 0.920. The normalized spacial score (nSPS) is 39.1. The predicted octanol–water partition coefficient (Wildman–Crippen LogP) is -0.783. The third-order valence-corrected chi connectivity index (χ3v) is 2.01. The summed E-state index contributed by atoms with van der Waals surface area (Å²) in [6.45, 7) is 2.60. The summed E-state index contributed by atoms with van der Waals surface area (Å²) < 4.78 is 21.3. The Labute approximate surface area is 44.0 Å². The summed E-state index contributed by atoms with van der Waals surface area (Å²) in [6, 6.07) is 0.279. The molecule has 4 heteroatoms. The number of hydrogen-bond donors (Lipinski definition) is 1. The SMILES string of the molecule is CC1CN1[SH](=O)=O. The topological polar surface area (TPSA) is 37.1 Å². The van der Waals surface area contributed by atoms with E-state index in [1.165, 1.54) is 4.31 Å². The summed E-state index contributed by atoms with van der Waals surface area (Å²) in [7, 11) is -2.25. The molecule has 0 aromatic carbocycles. The predicted molar refractivity (Wildman–Crippen MR) is 26.5 cm³/mol. The zero-order chi connectivity index (χ0) is 5.44. The van der Waals surface area contributed by atoms with Crippen LogP contribution >= 0.6 is 0 Å². The summed E-state index contributed by atoms with van der Waals surface area (Å²) in [5, 5.41) is 0. The van der Waals surface area contributed by atoms with Crippen LogP contribution in [0.25, 0.3) is 0 Å². The zero-order valence-electron chi connectivity index (χ0n) is 4.00. The maximum absolute atomic E-state index is 9.93. The number of nitrogens with zero attached hydrogens (tertiary/aromatic N) is 1. The lowest BCUT2D eigenvalue weighted by Gasteiger charge is -1.78. The largest absolute Gasteiger partial charge is 0.215 e. The highest BCUT2D eigenvalue weighted by atomic mass is 32.2. The standard InChI is InChI=1S/C3H7NO2S/c1-3-2-4(3)7(5)6/h3,7H,2H2,1H3. The van der Waals surface area contributed by atoms with E-state index >= 15 is 0 Å². The van der Waals surface area contributed by atoms with Gasteiger partial charge in [0.05, 0.1) is 0 Å². The Kier molecular flexibility index (Phi) is 1.05. The van der Waals surface area contributed by atoms with Crippen LogP contribution in [0.2, 0.25) is 0 Å². The molecule has 0 amide bonds. The van der Waals surface area contributed by atoms with E-state index in [-0.39, 0.29) is 6.04 Å². The molecule has 2 atom stereocenters. The van der Waals surface area contributed by atoms with E-state index in [1.807, 2.05) is 6.92 Å². The van der Waals surface area contributed by atoms with E-state index in [4.69, 9.17) is 0 Å². The van der Waals surface area contributed by atoms with Crippen molar-refractivity contribution in [1.29, 1.82) is 0 Å². The van der Waals surface area contributed by atoms with Gasteiger partial charge in [-0.2, -0.15) is 4.31 Å². The maximum Gasteiger partial charge on any atom is 0.204 e. The van der Waals surface area contributed by atoms with Crippen LogP contribution in [0.15, 0.2) is 0 Å². The average Bonchev–Trinajstić information content (AvgIpc) is 2.17. The van der Waals surface area contributed by atoms with Gasteiger partial charge in [-0.25, -0.2) is 8.42 Å². The van der Waals surface area contributed by atoms with Crippen molar-refractivity contribution in [3.8, 4) is 0 Å². The van der Waals surface area contributed by atoms with Gasteiger partial charge in [-0.05, 0) is 6.92 Å². The summed E-state index contributed by atoms with van der Waals surface area (Å²) in [5.41, 5.74) is 0. The van der Waals surface area contributed by atoms with E-state index in [0.29, 0.717) is 0 Å². The fourth-order valence-corrected chi connectivity index (χ4v) is 1.14. The Bertz CT molecular complexity index is 134. The Balaban J connectivity index is 2.48. The molecule has 1 rings (SSSR count). The van der Waals surface area contributed by atoms with Gasteiger partial charge in [-0.1, -0.05) is 0 Å².